The number of hydrogen-bond donors (Lipinski definition) is 0. The van der Waals surface area contributed by atoms with Crippen LogP contribution in [-0.2, 0) is 9.53 Å². The van der Waals surface area contributed by atoms with Gasteiger partial charge in [-0.15, -0.1) is 0 Å². The average Bonchev–Trinajstić information content (AvgIpc) is 2.46. The molecule has 0 aliphatic rings. The molecule has 0 saturated heterocycles. The molecule has 0 atom stereocenters. The fourth-order valence-electron chi connectivity index (χ4n) is 1.91. The molecule has 4 nitrogen and oxygen atoms in total. The Labute approximate surface area is 116 Å². The number of methoxy groups -OCH3 is 1. The summed E-state index contributed by atoms with van der Waals surface area (Å²) in [4.78, 5) is 22.4. The fraction of sp³-hybridized carbons (Fsp3) is 0.125. The first kappa shape index (κ1) is 13.8. The van der Waals surface area contributed by atoms with E-state index in [0.717, 1.165) is 17.1 Å². The molecule has 20 heavy (non-hydrogen) atoms. The number of esters is 1. The molecule has 4 heteroatoms. The summed E-state index contributed by atoms with van der Waals surface area (Å²) in [7, 11) is 1.29. The van der Waals surface area contributed by atoms with Crippen LogP contribution in [0.1, 0.15) is 17.3 Å². The van der Waals surface area contributed by atoms with E-state index >= 15 is 0 Å². The molecule has 0 aromatic heterocycles. The third-order valence-corrected chi connectivity index (χ3v) is 2.84. The second-order valence-corrected chi connectivity index (χ2v) is 4.20. The molecule has 0 saturated carbocycles. The van der Waals surface area contributed by atoms with Crippen molar-refractivity contribution in [2.75, 3.05) is 7.11 Å². The maximum Gasteiger partial charge on any atom is 0.333 e. The monoisotopic (exact) mass is 270 g/mol. The molecule has 0 bridgehead atoms. The highest BCUT2D eigenvalue weighted by molar-refractivity contribution is 6.00. The first-order valence-electron chi connectivity index (χ1n) is 6.06. The number of rotatable bonds is 4. The molecule has 0 radical (unpaired) electrons. The van der Waals surface area contributed by atoms with Crippen molar-refractivity contribution in [1.82, 2.24) is 0 Å². The SMILES string of the molecule is COC(=O)/C=C(\C)Oc1ccc2ccccc2c1C=O. The lowest BCUT2D eigenvalue weighted by atomic mass is 10.0. The molecule has 2 aromatic rings. The van der Waals surface area contributed by atoms with Crippen molar-refractivity contribution in [3.8, 4) is 5.75 Å². The van der Waals surface area contributed by atoms with Crippen molar-refractivity contribution < 1.29 is 19.1 Å². The summed E-state index contributed by atoms with van der Waals surface area (Å²) in [6.45, 7) is 1.63. The summed E-state index contributed by atoms with van der Waals surface area (Å²) >= 11 is 0. The number of carbonyl (C=O) groups is 2. The first-order valence-corrected chi connectivity index (χ1v) is 6.06. The van der Waals surface area contributed by atoms with Gasteiger partial charge in [-0.2, -0.15) is 0 Å². The van der Waals surface area contributed by atoms with Gasteiger partial charge >= 0.3 is 5.97 Å². The van der Waals surface area contributed by atoms with Crippen LogP contribution < -0.4 is 4.74 Å². The van der Waals surface area contributed by atoms with Crippen LogP contribution in [-0.4, -0.2) is 19.4 Å². The molecule has 0 N–H and O–H groups in total. The largest absolute Gasteiger partial charge is 0.466 e. The van der Waals surface area contributed by atoms with Gasteiger partial charge in [0.2, 0.25) is 0 Å². The van der Waals surface area contributed by atoms with Gasteiger partial charge in [-0.05, 0) is 23.8 Å². The van der Waals surface area contributed by atoms with Crippen LogP contribution in [0.5, 0.6) is 5.75 Å². The van der Waals surface area contributed by atoms with Gasteiger partial charge in [0, 0.05) is 0 Å². The zero-order chi connectivity index (χ0) is 14.5. The molecule has 0 fully saturated rings. The zero-order valence-corrected chi connectivity index (χ0v) is 11.3. The van der Waals surface area contributed by atoms with Crippen molar-refractivity contribution in [3.63, 3.8) is 0 Å². The van der Waals surface area contributed by atoms with E-state index in [2.05, 4.69) is 4.74 Å². The van der Waals surface area contributed by atoms with Crippen molar-refractivity contribution >= 4 is 23.0 Å². The number of allylic oxidation sites excluding steroid dienone is 1. The summed E-state index contributed by atoms with van der Waals surface area (Å²) in [6, 6.07) is 11.1. The Morgan fingerprint density at radius 1 is 1.15 bits per heavy atom. The van der Waals surface area contributed by atoms with Gasteiger partial charge in [-0.1, -0.05) is 30.3 Å². The lowest BCUT2D eigenvalue weighted by Crippen LogP contribution is -2.01. The number of benzene rings is 2. The molecule has 0 spiro atoms. The summed E-state index contributed by atoms with van der Waals surface area (Å²) in [5.41, 5.74) is 0.459. The molecule has 102 valence electrons. The van der Waals surface area contributed by atoms with Gasteiger partial charge in [0.15, 0.2) is 6.29 Å². The number of aldehydes is 1. The Morgan fingerprint density at radius 3 is 2.60 bits per heavy atom. The van der Waals surface area contributed by atoms with Gasteiger partial charge in [-0.25, -0.2) is 4.79 Å². The standard InChI is InChI=1S/C16H14O4/c1-11(9-16(18)19-2)20-15-8-7-12-5-3-4-6-13(12)14(15)10-17/h3-10H,1-2H3/b11-9+. The van der Waals surface area contributed by atoms with Crippen molar-refractivity contribution in [2.24, 2.45) is 0 Å². The van der Waals surface area contributed by atoms with Crippen molar-refractivity contribution in [1.29, 1.82) is 0 Å². The Morgan fingerprint density at radius 2 is 1.90 bits per heavy atom. The van der Waals surface area contributed by atoms with Crippen LogP contribution >= 0.6 is 0 Å². The average molecular weight is 270 g/mol. The second-order valence-electron chi connectivity index (χ2n) is 4.20. The molecule has 2 rings (SSSR count). The number of ether oxygens (including phenoxy) is 2. The number of carbonyl (C=O) groups excluding carboxylic acids is 2. The molecule has 2 aromatic carbocycles. The molecular weight excluding hydrogens is 256 g/mol. The lowest BCUT2D eigenvalue weighted by molar-refractivity contribution is -0.135. The van der Waals surface area contributed by atoms with Gasteiger partial charge < -0.3 is 9.47 Å². The normalized spacial score (nSPS) is 11.2. The molecule has 0 aliphatic heterocycles. The smallest absolute Gasteiger partial charge is 0.333 e. The second kappa shape index (κ2) is 6.02. The van der Waals surface area contributed by atoms with Gasteiger partial charge in [-0.3, -0.25) is 4.79 Å². The molecule has 0 amide bonds. The summed E-state index contributed by atoms with van der Waals surface area (Å²) in [6.07, 6.45) is 1.98. The van der Waals surface area contributed by atoms with Crippen LogP contribution in [0.15, 0.2) is 48.2 Å². The van der Waals surface area contributed by atoms with Crippen LogP contribution in [0.4, 0.5) is 0 Å². The van der Waals surface area contributed by atoms with E-state index in [1.165, 1.54) is 13.2 Å². The lowest BCUT2D eigenvalue weighted by Gasteiger charge is -2.10. The quantitative estimate of drug-likeness (QED) is 0.371. The van der Waals surface area contributed by atoms with E-state index in [0.29, 0.717) is 17.1 Å². The molecular formula is C16H14O4. The van der Waals surface area contributed by atoms with E-state index in [4.69, 9.17) is 4.74 Å². The van der Waals surface area contributed by atoms with Crippen molar-refractivity contribution in [2.45, 2.75) is 6.92 Å². The summed E-state index contributed by atoms with van der Waals surface area (Å²) < 4.78 is 10.1. The maximum absolute atomic E-state index is 11.3. The first-order chi connectivity index (χ1) is 9.65. The maximum atomic E-state index is 11.3. The minimum atomic E-state index is -0.504. The predicted molar refractivity (Wildman–Crippen MR) is 75.7 cm³/mol. The molecule has 0 unspecified atom stereocenters. The predicted octanol–water partition coefficient (Wildman–Crippen LogP) is 3.11. The highest BCUT2D eigenvalue weighted by Crippen LogP contribution is 2.27. The number of hydrogen-bond acceptors (Lipinski definition) is 4. The van der Waals surface area contributed by atoms with E-state index in [9.17, 15) is 9.59 Å². The highest BCUT2D eigenvalue weighted by Gasteiger charge is 2.09. The topological polar surface area (TPSA) is 52.6 Å². The Kier molecular flexibility index (Phi) is 4.15. The minimum absolute atomic E-state index is 0.357. The van der Waals surface area contributed by atoms with E-state index < -0.39 is 5.97 Å². The zero-order valence-electron chi connectivity index (χ0n) is 11.3. The van der Waals surface area contributed by atoms with Gasteiger partial charge in [0.05, 0.1) is 18.7 Å². The van der Waals surface area contributed by atoms with E-state index in [-0.39, 0.29) is 0 Å². The van der Waals surface area contributed by atoms with E-state index in [1.54, 1.807) is 13.0 Å². The van der Waals surface area contributed by atoms with Crippen LogP contribution in [0.3, 0.4) is 0 Å². The molecule has 0 heterocycles. The van der Waals surface area contributed by atoms with Crippen LogP contribution in [0, 0.1) is 0 Å². The minimum Gasteiger partial charge on any atom is -0.466 e. The summed E-state index contributed by atoms with van der Waals surface area (Å²) in [5.74, 6) is 0.266. The fourth-order valence-corrected chi connectivity index (χ4v) is 1.91. The summed E-state index contributed by atoms with van der Waals surface area (Å²) in [5, 5.41) is 1.77. The Bertz CT molecular complexity index is 686. The van der Waals surface area contributed by atoms with Crippen LogP contribution in [0.2, 0.25) is 0 Å². The third-order valence-electron chi connectivity index (χ3n) is 2.84. The Hall–Kier alpha value is -2.62. The van der Waals surface area contributed by atoms with E-state index in [1.807, 2.05) is 30.3 Å². The van der Waals surface area contributed by atoms with Crippen molar-refractivity contribution in [3.05, 3.63) is 53.8 Å². The Balaban J connectivity index is 2.42. The van der Waals surface area contributed by atoms with Gasteiger partial charge in [0.25, 0.3) is 0 Å². The third kappa shape index (κ3) is 2.85. The van der Waals surface area contributed by atoms with Crippen LogP contribution in [0.25, 0.3) is 10.8 Å². The molecule has 0 aliphatic carbocycles. The number of fused-ring (bicyclic) bond motifs is 1. The highest BCUT2D eigenvalue weighted by atomic mass is 16.5. The van der Waals surface area contributed by atoms with Gasteiger partial charge in [0.1, 0.15) is 11.5 Å².